The number of fused-ring (bicyclic) bond motifs is 7. The lowest BCUT2D eigenvalue weighted by Crippen LogP contribution is -2.40. The van der Waals surface area contributed by atoms with Crippen molar-refractivity contribution in [1.82, 2.24) is 0 Å². The highest BCUT2D eigenvalue weighted by molar-refractivity contribution is 6.25. The summed E-state index contributed by atoms with van der Waals surface area (Å²) >= 11 is 0. The Morgan fingerprint density at radius 2 is 1.21 bits per heavy atom. The van der Waals surface area contributed by atoms with Gasteiger partial charge in [-0.25, -0.2) is 4.57 Å². The van der Waals surface area contributed by atoms with Gasteiger partial charge in [0.25, 0.3) is 0 Å². The second-order valence-electron chi connectivity index (χ2n) is 7.98. The predicted molar refractivity (Wildman–Crippen MR) is 115 cm³/mol. The first-order valence-electron chi connectivity index (χ1n) is 10.1. The minimum atomic E-state index is 0.945. The third kappa shape index (κ3) is 2.46. The highest BCUT2D eigenvalue weighted by atomic mass is 16.5. The topological polar surface area (TPSA) is 22.3 Å². The van der Waals surface area contributed by atoms with Gasteiger partial charge in [0, 0.05) is 24.3 Å². The Bertz CT molecular complexity index is 1160. The fraction of sp³-hybridized carbons (Fsp3) is 0.320. The van der Waals surface area contributed by atoms with E-state index in [1.54, 1.807) is 14.2 Å². The van der Waals surface area contributed by atoms with E-state index in [1.165, 1.54) is 50.9 Å². The van der Waals surface area contributed by atoms with Gasteiger partial charge >= 0.3 is 0 Å². The number of hydrogen-bond donors (Lipinski definition) is 0. The van der Waals surface area contributed by atoms with E-state index in [2.05, 4.69) is 54.9 Å². The summed E-state index contributed by atoms with van der Waals surface area (Å²) in [6.07, 6.45) is 6.03. The van der Waals surface area contributed by atoms with Crippen LogP contribution in [0.5, 0.6) is 11.5 Å². The first kappa shape index (κ1) is 17.3. The zero-order chi connectivity index (χ0) is 19.4. The van der Waals surface area contributed by atoms with E-state index >= 15 is 0 Å². The summed E-state index contributed by atoms with van der Waals surface area (Å²) in [5, 5.41) is 7.69. The van der Waals surface area contributed by atoms with Crippen molar-refractivity contribution in [3.8, 4) is 11.5 Å². The maximum atomic E-state index is 5.66. The van der Waals surface area contributed by atoms with Crippen LogP contribution in [0.4, 0.5) is 0 Å². The van der Waals surface area contributed by atoms with Crippen molar-refractivity contribution in [3.05, 3.63) is 53.3 Å². The molecule has 142 valence electrons. The highest BCUT2D eigenvalue weighted by Gasteiger charge is 2.21. The minimum Gasteiger partial charge on any atom is -0.496 e. The Kier molecular flexibility index (Phi) is 3.94. The smallest absolute Gasteiger partial charge is 0.181 e. The molecule has 0 aliphatic carbocycles. The molecule has 0 unspecified atom stereocenters. The SMILES string of the molecule is COc1cc2c(cc1C)c1cc(C)c(OC)cc1c1c[n+]3c(cc21)CCCC3. The van der Waals surface area contributed by atoms with Gasteiger partial charge in [-0.05, 0) is 77.2 Å². The van der Waals surface area contributed by atoms with E-state index < -0.39 is 0 Å². The Hall–Kier alpha value is -2.81. The molecule has 0 saturated heterocycles. The average molecular weight is 372 g/mol. The molecule has 3 nitrogen and oxygen atoms in total. The van der Waals surface area contributed by atoms with Crippen molar-refractivity contribution >= 4 is 32.3 Å². The molecule has 28 heavy (non-hydrogen) atoms. The number of benzene rings is 3. The van der Waals surface area contributed by atoms with Crippen LogP contribution < -0.4 is 14.0 Å². The van der Waals surface area contributed by atoms with Crippen molar-refractivity contribution in [3.63, 3.8) is 0 Å². The van der Waals surface area contributed by atoms with Crippen molar-refractivity contribution in [2.75, 3.05) is 14.2 Å². The maximum absolute atomic E-state index is 5.66. The fourth-order valence-corrected chi connectivity index (χ4v) is 4.79. The summed E-state index contributed by atoms with van der Waals surface area (Å²) in [4.78, 5) is 0. The van der Waals surface area contributed by atoms with Crippen molar-refractivity contribution < 1.29 is 14.0 Å². The Morgan fingerprint density at radius 1 is 0.679 bits per heavy atom. The van der Waals surface area contributed by atoms with Crippen LogP contribution in [0.3, 0.4) is 0 Å². The second-order valence-corrected chi connectivity index (χ2v) is 7.98. The number of aromatic nitrogens is 1. The number of aryl methyl sites for hydroxylation is 4. The van der Waals surface area contributed by atoms with Crippen LogP contribution in [0.2, 0.25) is 0 Å². The predicted octanol–water partition coefficient (Wildman–Crippen LogP) is 5.40. The molecule has 1 aliphatic rings. The molecule has 2 heterocycles. The van der Waals surface area contributed by atoms with Gasteiger partial charge in [-0.1, -0.05) is 0 Å². The molecule has 4 aromatic rings. The third-order valence-electron chi connectivity index (χ3n) is 6.28. The molecular weight excluding hydrogens is 346 g/mol. The van der Waals surface area contributed by atoms with Crippen LogP contribution in [0.1, 0.15) is 29.7 Å². The molecule has 0 N–H and O–H groups in total. The number of hydrogen-bond acceptors (Lipinski definition) is 2. The zero-order valence-corrected chi connectivity index (χ0v) is 17.1. The van der Waals surface area contributed by atoms with Crippen molar-refractivity contribution in [2.45, 2.75) is 39.7 Å². The van der Waals surface area contributed by atoms with Gasteiger partial charge in [0.2, 0.25) is 0 Å². The normalized spacial score (nSPS) is 13.9. The van der Waals surface area contributed by atoms with E-state index in [0.29, 0.717) is 0 Å². The quantitative estimate of drug-likeness (QED) is 0.347. The van der Waals surface area contributed by atoms with E-state index in [9.17, 15) is 0 Å². The number of rotatable bonds is 2. The van der Waals surface area contributed by atoms with Gasteiger partial charge in [-0.3, -0.25) is 0 Å². The second kappa shape index (κ2) is 6.37. The van der Waals surface area contributed by atoms with Crippen molar-refractivity contribution in [2.24, 2.45) is 0 Å². The number of nitrogens with zero attached hydrogens (tertiary/aromatic N) is 1. The molecule has 1 aromatic heterocycles. The highest BCUT2D eigenvalue weighted by Crippen LogP contribution is 2.40. The zero-order valence-electron chi connectivity index (χ0n) is 17.1. The van der Waals surface area contributed by atoms with Gasteiger partial charge in [-0.15, -0.1) is 0 Å². The maximum Gasteiger partial charge on any atom is 0.181 e. The molecule has 1 aliphatic heterocycles. The lowest BCUT2D eigenvalue weighted by Gasteiger charge is -2.17. The molecule has 0 radical (unpaired) electrons. The number of ether oxygens (including phenoxy) is 2. The van der Waals surface area contributed by atoms with E-state index in [-0.39, 0.29) is 0 Å². The van der Waals surface area contributed by atoms with E-state index in [1.807, 2.05) is 0 Å². The summed E-state index contributed by atoms with van der Waals surface area (Å²) < 4.78 is 13.8. The molecule has 3 aromatic carbocycles. The third-order valence-corrected chi connectivity index (χ3v) is 6.28. The summed E-state index contributed by atoms with van der Waals surface area (Å²) in [5.74, 6) is 1.89. The monoisotopic (exact) mass is 372 g/mol. The summed E-state index contributed by atoms with van der Waals surface area (Å²) in [6.45, 7) is 5.34. The van der Waals surface area contributed by atoms with Gasteiger partial charge in [0.15, 0.2) is 11.9 Å². The molecule has 0 bridgehead atoms. The van der Waals surface area contributed by atoms with E-state index in [4.69, 9.17) is 9.47 Å². The van der Waals surface area contributed by atoms with Crippen LogP contribution in [-0.4, -0.2) is 14.2 Å². The van der Waals surface area contributed by atoms with Crippen LogP contribution in [0.25, 0.3) is 32.3 Å². The lowest BCUT2D eigenvalue weighted by atomic mass is 9.91. The van der Waals surface area contributed by atoms with Crippen LogP contribution in [0, 0.1) is 13.8 Å². The van der Waals surface area contributed by atoms with Crippen molar-refractivity contribution in [1.29, 1.82) is 0 Å². The Labute approximate surface area is 165 Å². The number of pyridine rings is 1. The molecule has 5 rings (SSSR count). The van der Waals surface area contributed by atoms with Crippen LogP contribution >= 0.6 is 0 Å². The largest absolute Gasteiger partial charge is 0.496 e. The van der Waals surface area contributed by atoms with Gasteiger partial charge in [-0.2, -0.15) is 0 Å². The molecule has 0 amide bonds. The number of methoxy groups -OCH3 is 2. The molecule has 3 heteroatoms. The van der Waals surface area contributed by atoms with Gasteiger partial charge in [0.05, 0.1) is 19.6 Å². The fourth-order valence-electron chi connectivity index (χ4n) is 4.79. The summed E-state index contributed by atoms with van der Waals surface area (Å²) in [5.41, 5.74) is 3.75. The first-order chi connectivity index (χ1) is 13.6. The minimum absolute atomic E-state index is 0.945. The van der Waals surface area contributed by atoms with Crippen LogP contribution in [0.15, 0.2) is 36.5 Å². The first-order valence-corrected chi connectivity index (χ1v) is 10.1. The molecule has 0 atom stereocenters. The Morgan fingerprint density at radius 3 is 1.82 bits per heavy atom. The summed E-state index contributed by atoms with van der Waals surface area (Å²) in [7, 11) is 3.51. The molecular formula is C25H26NO2+. The Balaban J connectivity index is 2.03. The van der Waals surface area contributed by atoms with Gasteiger partial charge in [0.1, 0.15) is 18.0 Å². The molecule has 0 fully saturated rings. The van der Waals surface area contributed by atoms with Gasteiger partial charge < -0.3 is 9.47 Å². The average Bonchev–Trinajstić information content (AvgIpc) is 2.72. The standard InChI is InChI=1S/C25H26NO2/c1-15-9-18-19-10-16(2)25(28-4)13-22(19)23-14-26-8-6-5-7-17(26)11-20(23)21(18)12-24(15)27-3/h9-14H,5-8H2,1-4H3/q+1. The summed E-state index contributed by atoms with van der Waals surface area (Å²) in [6, 6.07) is 11.4. The van der Waals surface area contributed by atoms with E-state index in [0.717, 1.165) is 35.6 Å². The molecule has 0 spiro atoms. The lowest BCUT2D eigenvalue weighted by molar-refractivity contribution is -0.708. The molecule has 0 saturated carbocycles. The van der Waals surface area contributed by atoms with Crippen LogP contribution in [-0.2, 0) is 13.0 Å².